The van der Waals surface area contributed by atoms with Crippen molar-refractivity contribution in [2.24, 2.45) is 0 Å². The Bertz CT molecular complexity index is 533. The van der Waals surface area contributed by atoms with Gasteiger partial charge in [-0.1, -0.05) is 0 Å². The average molecular weight is 290 g/mol. The Morgan fingerprint density at radius 3 is 2.33 bits per heavy atom. The molecule has 1 fully saturated rings. The molecule has 1 aliphatic heterocycles. The molecular weight excluding hydrogens is 272 g/mol. The molecule has 2 rings (SSSR count). The van der Waals surface area contributed by atoms with Gasteiger partial charge in [0.2, 0.25) is 11.8 Å². The number of anilines is 1. The first-order valence-electron chi connectivity index (χ1n) is 6.86. The molecule has 1 saturated heterocycles. The number of ether oxygens (including phenoxy) is 1. The van der Waals surface area contributed by atoms with Crippen LogP contribution in [0.15, 0.2) is 24.3 Å². The fraction of sp³-hybridized carbons (Fsp3) is 0.400. The lowest BCUT2D eigenvalue weighted by atomic mass is 10.2. The summed E-state index contributed by atoms with van der Waals surface area (Å²) in [7, 11) is 1.31. The van der Waals surface area contributed by atoms with E-state index in [0.717, 1.165) is 25.9 Å². The van der Waals surface area contributed by atoms with Crippen molar-refractivity contribution >= 4 is 23.5 Å². The number of hydrogen-bond donors (Lipinski definition) is 1. The third kappa shape index (κ3) is 4.05. The first kappa shape index (κ1) is 15.0. The van der Waals surface area contributed by atoms with Crippen molar-refractivity contribution in [3.05, 3.63) is 29.8 Å². The largest absolute Gasteiger partial charge is 0.465 e. The summed E-state index contributed by atoms with van der Waals surface area (Å²) in [4.78, 5) is 36.6. The molecule has 1 aromatic rings. The molecule has 0 aromatic heterocycles. The lowest BCUT2D eigenvalue weighted by Crippen LogP contribution is -2.31. The topological polar surface area (TPSA) is 75.7 Å². The standard InChI is InChI=1S/C15H18N2O4/c1-21-15(20)11-4-6-12(7-5-11)16-13(18)10-14(19)17-8-2-3-9-17/h4-7H,2-3,8-10H2,1H3,(H,16,18). The minimum atomic E-state index is -0.433. The molecule has 21 heavy (non-hydrogen) atoms. The maximum atomic E-state index is 11.8. The Morgan fingerprint density at radius 2 is 1.76 bits per heavy atom. The summed E-state index contributed by atoms with van der Waals surface area (Å²) >= 11 is 0. The number of likely N-dealkylation sites (tertiary alicyclic amines) is 1. The zero-order chi connectivity index (χ0) is 15.2. The van der Waals surface area contributed by atoms with Gasteiger partial charge in [-0.25, -0.2) is 4.79 Å². The van der Waals surface area contributed by atoms with Crippen LogP contribution in [0.4, 0.5) is 5.69 Å². The molecule has 0 aliphatic carbocycles. The molecular formula is C15H18N2O4. The SMILES string of the molecule is COC(=O)c1ccc(NC(=O)CC(=O)N2CCCC2)cc1. The van der Waals surface area contributed by atoms with Crippen LogP contribution in [0.5, 0.6) is 0 Å². The second kappa shape index (κ2) is 6.88. The molecule has 6 nitrogen and oxygen atoms in total. The Labute approximate surface area is 123 Å². The second-order valence-electron chi connectivity index (χ2n) is 4.88. The summed E-state index contributed by atoms with van der Waals surface area (Å²) in [6.07, 6.45) is 1.85. The van der Waals surface area contributed by atoms with Crippen molar-refractivity contribution in [3.8, 4) is 0 Å². The number of methoxy groups -OCH3 is 1. The van der Waals surface area contributed by atoms with Gasteiger partial charge in [-0.3, -0.25) is 9.59 Å². The molecule has 1 aliphatic rings. The molecule has 0 bridgehead atoms. The lowest BCUT2D eigenvalue weighted by Gasteiger charge is -2.14. The number of amides is 2. The molecule has 112 valence electrons. The van der Waals surface area contributed by atoms with Crippen molar-refractivity contribution in [1.82, 2.24) is 4.90 Å². The van der Waals surface area contributed by atoms with Crippen LogP contribution in [-0.2, 0) is 14.3 Å². The highest BCUT2D eigenvalue weighted by Gasteiger charge is 2.20. The summed E-state index contributed by atoms with van der Waals surface area (Å²) in [5, 5.41) is 2.64. The van der Waals surface area contributed by atoms with E-state index in [0.29, 0.717) is 11.3 Å². The minimum Gasteiger partial charge on any atom is -0.465 e. The van der Waals surface area contributed by atoms with E-state index in [4.69, 9.17) is 0 Å². The number of hydrogen-bond acceptors (Lipinski definition) is 4. The van der Waals surface area contributed by atoms with Crippen LogP contribution in [0.3, 0.4) is 0 Å². The molecule has 0 radical (unpaired) electrons. The van der Waals surface area contributed by atoms with Crippen molar-refractivity contribution in [2.75, 3.05) is 25.5 Å². The summed E-state index contributed by atoms with van der Waals surface area (Å²) in [6, 6.07) is 6.32. The molecule has 2 amide bonds. The van der Waals surface area contributed by atoms with Crippen LogP contribution in [0.25, 0.3) is 0 Å². The summed E-state index contributed by atoms with van der Waals surface area (Å²) in [6.45, 7) is 1.47. The van der Waals surface area contributed by atoms with E-state index in [9.17, 15) is 14.4 Å². The fourth-order valence-corrected chi connectivity index (χ4v) is 2.23. The Kier molecular flexibility index (Phi) is 4.92. The Morgan fingerprint density at radius 1 is 1.14 bits per heavy atom. The van der Waals surface area contributed by atoms with Crippen LogP contribution in [0.2, 0.25) is 0 Å². The molecule has 0 saturated carbocycles. The molecule has 0 spiro atoms. The monoisotopic (exact) mass is 290 g/mol. The third-order valence-electron chi connectivity index (χ3n) is 3.36. The van der Waals surface area contributed by atoms with Crippen LogP contribution in [0, 0.1) is 0 Å². The van der Waals surface area contributed by atoms with E-state index in [1.165, 1.54) is 7.11 Å². The minimum absolute atomic E-state index is 0.142. The van der Waals surface area contributed by atoms with Gasteiger partial charge < -0.3 is 15.0 Å². The van der Waals surface area contributed by atoms with Crippen molar-refractivity contribution < 1.29 is 19.1 Å². The van der Waals surface area contributed by atoms with Crippen LogP contribution in [0.1, 0.15) is 29.6 Å². The van der Waals surface area contributed by atoms with Crippen LogP contribution >= 0.6 is 0 Å². The van der Waals surface area contributed by atoms with E-state index in [-0.39, 0.29) is 18.2 Å². The molecule has 0 unspecified atom stereocenters. The number of nitrogens with zero attached hydrogens (tertiary/aromatic N) is 1. The average Bonchev–Trinajstić information content (AvgIpc) is 3.01. The number of nitrogens with one attached hydrogen (secondary N) is 1. The van der Waals surface area contributed by atoms with Crippen molar-refractivity contribution in [3.63, 3.8) is 0 Å². The van der Waals surface area contributed by atoms with Crippen LogP contribution in [-0.4, -0.2) is 42.9 Å². The highest BCUT2D eigenvalue weighted by atomic mass is 16.5. The number of carbonyl (C=O) groups excluding carboxylic acids is 3. The molecule has 1 N–H and O–H groups in total. The Balaban J connectivity index is 1.87. The third-order valence-corrected chi connectivity index (χ3v) is 3.36. The van der Waals surface area contributed by atoms with Crippen molar-refractivity contribution in [1.29, 1.82) is 0 Å². The molecule has 0 atom stereocenters. The fourth-order valence-electron chi connectivity index (χ4n) is 2.23. The van der Waals surface area contributed by atoms with Gasteiger partial charge in [0.05, 0.1) is 12.7 Å². The summed E-state index contributed by atoms with van der Waals surface area (Å²) < 4.78 is 4.59. The van der Waals surface area contributed by atoms with E-state index in [1.54, 1.807) is 29.2 Å². The van der Waals surface area contributed by atoms with Gasteiger partial charge in [-0.2, -0.15) is 0 Å². The van der Waals surface area contributed by atoms with Gasteiger partial charge in [-0.15, -0.1) is 0 Å². The predicted octanol–water partition coefficient (Wildman–Crippen LogP) is 1.42. The van der Waals surface area contributed by atoms with Gasteiger partial charge in [-0.05, 0) is 37.1 Å². The number of benzene rings is 1. The number of esters is 1. The first-order chi connectivity index (χ1) is 10.1. The Hall–Kier alpha value is -2.37. The molecule has 6 heteroatoms. The van der Waals surface area contributed by atoms with Gasteiger partial charge in [0.1, 0.15) is 6.42 Å². The van der Waals surface area contributed by atoms with Gasteiger partial charge in [0.15, 0.2) is 0 Å². The smallest absolute Gasteiger partial charge is 0.337 e. The maximum absolute atomic E-state index is 11.8. The normalized spacial score (nSPS) is 13.9. The van der Waals surface area contributed by atoms with E-state index >= 15 is 0 Å². The van der Waals surface area contributed by atoms with E-state index < -0.39 is 5.97 Å². The highest BCUT2D eigenvalue weighted by molar-refractivity contribution is 6.03. The second-order valence-corrected chi connectivity index (χ2v) is 4.88. The summed E-state index contributed by atoms with van der Waals surface area (Å²) in [5.41, 5.74) is 0.950. The number of rotatable bonds is 4. The van der Waals surface area contributed by atoms with Crippen molar-refractivity contribution in [2.45, 2.75) is 19.3 Å². The number of carbonyl (C=O) groups is 3. The lowest BCUT2D eigenvalue weighted by molar-refractivity contribution is -0.133. The zero-order valence-electron chi connectivity index (χ0n) is 11.9. The van der Waals surface area contributed by atoms with E-state index in [1.807, 2.05) is 0 Å². The van der Waals surface area contributed by atoms with Gasteiger partial charge in [0, 0.05) is 18.8 Å². The molecule has 1 heterocycles. The first-order valence-corrected chi connectivity index (χ1v) is 6.86. The predicted molar refractivity (Wildman–Crippen MR) is 76.8 cm³/mol. The quantitative estimate of drug-likeness (QED) is 0.672. The van der Waals surface area contributed by atoms with E-state index in [2.05, 4.69) is 10.1 Å². The highest BCUT2D eigenvalue weighted by Crippen LogP contribution is 2.12. The zero-order valence-corrected chi connectivity index (χ0v) is 11.9. The summed E-state index contributed by atoms with van der Waals surface area (Å²) in [5.74, 6) is -0.925. The molecule has 1 aromatic carbocycles. The van der Waals surface area contributed by atoms with Gasteiger partial charge in [0.25, 0.3) is 0 Å². The van der Waals surface area contributed by atoms with Gasteiger partial charge >= 0.3 is 5.97 Å². The van der Waals surface area contributed by atoms with Crippen LogP contribution < -0.4 is 5.32 Å². The maximum Gasteiger partial charge on any atom is 0.337 e.